The lowest BCUT2D eigenvalue weighted by atomic mass is 9.98. The van der Waals surface area contributed by atoms with E-state index in [0.29, 0.717) is 5.25 Å². The Labute approximate surface area is 108 Å². The fourth-order valence-electron chi connectivity index (χ4n) is 2.13. The average Bonchev–Trinajstić information content (AvgIpc) is 2.27. The lowest BCUT2D eigenvalue weighted by molar-refractivity contribution is 0.526. The second kappa shape index (κ2) is 5.07. The molecule has 1 N–H and O–H groups in total. The van der Waals surface area contributed by atoms with Crippen LogP contribution in [0.3, 0.4) is 0 Å². The van der Waals surface area contributed by atoms with Crippen LogP contribution in [-0.4, -0.2) is 11.8 Å². The van der Waals surface area contributed by atoms with Crippen molar-refractivity contribution in [3.8, 4) is 0 Å². The molecule has 0 bridgehead atoms. The standard InChI is InChI=1S/C12H15BrFNS/c1-3-15-12-7(2)16-6-8-10(14)5-4-9(13)11(8)12/h4-5,7,12,15H,3,6H2,1-2H3. The van der Waals surface area contributed by atoms with Crippen molar-refractivity contribution in [2.45, 2.75) is 30.9 Å². The molecule has 1 aliphatic rings. The van der Waals surface area contributed by atoms with Gasteiger partial charge in [0.05, 0.1) is 0 Å². The molecule has 2 atom stereocenters. The van der Waals surface area contributed by atoms with Crippen LogP contribution in [0.5, 0.6) is 0 Å². The molecule has 1 nitrogen and oxygen atoms in total. The van der Waals surface area contributed by atoms with E-state index in [4.69, 9.17) is 0 Å². The topological polar surface area (TPSA) is 12.0 Å². The molecule has 2 unspecified atom stereocenters. The summed E-state index contributed by atoms with van der Waals surface area (Å²) in [5.74, 6) is 0.685. The Bertz CT molecular complexity index is 397. The Morgan fingerprint density at radius 2 is 2.31 bits per heavy atom. The molecule has 0 aromatic heterocycles. The predicted octanol–water partition coefficient (Wildman–Crippen LogP) is 3.87. The molecule has 1 aromatic rings. The molecule has 16 heavy (non-hydrogen) atoms. The Hall–Kier alpha value is -0.0600. The maximum absolute atomic E-state index is 13.7. The summed E-state index contributed by atoms with van der Waals surface area (Å²) < 4.78 is 14.7. The van der Waals surface area contributed by atoms with Crippen LogP contribution in [0.25, 0.3) is 0 Å². The van der Waals surface area contributed by atoms with Crippen molar-refractivity contribution in [1.29, 1.82) is 0 Å². The van der Waals surface area contributed by atoms with E-state index in [-0.39, 0.29) is 11.9 Å². The highest BCUT2D eigenvalue weighted by Crippen LogP contribution is 2.41. The fourth-order valence-corrected chi connectivity index (χ4v) is 3.89. The molecule has 0 amide bonds. The maximum Gasteiger partial charge on any atom is 0.127 e. The van der Waals surface area contributed by atoms with Gasteiger partial charge in [-0.1, -0.05) is 29.8 Å². The van der Waals surface area contributed by atoms with Crippen LogP contribution in [0.4, 0.5) is 4.39 Å². The SMILES string of the molecule is CCNC1c2c(Br)ccc(F)c2CSC1C. The Morgan fingerprint density at radius 3 is 3.00 bits per heavy atom. The molecule has 0 saturated carbocycles. The number of hydrogen-bond donors (Lipinski definition) is 1. The first-order valence-corrected chi connectivity index (χ1v) is 7.31. The van der Waals surface area contributed by atoms with Gasteiger partial charge in [-0.3, -0.25) is 0 Å². The quantitative estimate of drug-likeness (QED) is 0.890. The number of thioether (sulfide) groups is 1. The van der Waals surface area contributed by atoms with Gasteiger partial charge in [-0.25, -0.2) is 4.39 Å². The van der Waals surface area contributed by atoms with Gasteiger partial charge in [0.25, 0.3) is 0 Å². The molecule has 1 heterocycles. The molecule has 0 aliphatic carbocycles. The predicted molar refractivity (Wildman–Crippen MR) is 71.3 cm³/mol. The van der Waals surface area contributed by atoms with E-state index < -0.39 is 0 Å². The Balaban J connectivity index is 2.49. The second-order valence-electron chi connectivity index (χ2n) is 3.97. The molecular formula is C12H15BrFNS. The third-order valence-electron chi connectivity index (χ3n) is 2.94. The Kier molecular flexibility index (Phi) is 3.93. The van der Waals surface area contributed by atoms with Crippen LogP contribution < -0.4 is 5.32 Å². The summed E-state index contributed by atoms with van der Waals surface area (Å²) in [7, 11) is 0. The highest BCUT2D eigenvalue weighted by Gasteiger charge is 2.29. The van der Waals surface area contributed by atoms with Crippen molar-refractivity contribution >= 4 is 27.7 Å². The van der Waals surface area contributed by atoms with Crippen molar-refractivity contribution in [3.05, 3.63) is 33.5 Å². The van der Waals surface area contributed by atoms with E-state index in [1.54, 1.807) is 12.1 Å². The zero-order chi connectivity index (χ0) is 11.7. The number of halogens is 2. The molecule has 4 heteroatoms. The van der Waals surface area contributed by atoms with Gasteiger partial charge in [-0.05, 0) is 24.2 Å². The second-order valence-corrected chi connectivity index (χ2v) is 6.19. The van der Waals surface area contributed by atoms with Gasteiger partial charge in [0.2, 0.25) is 0 Å². The van der Waals surface area contributed by atoms with Crippen LogP contribution in [0.2, 0.25) is 0 Å². The lowest BCUT2D eigenvalue weighted by Crippen LogP contribution is -2.32. The first-order valence-electron chi connectivity index (χ1n) is 5.47. The summed E-state index contributed by atoms with van der Waals surface area (Å²) in [5.41, 5.74) is 1.96. The van der Waals surface area contributed by atoms with E-state index in [1.165, 1.54) is 0 Å². The Morgan fingerprint density at radius 1 is 1.56 bits per heavy atom. The molecule has 2 rings (SSSR count). The molecule has 0 radical (unpaired) electrons. The minimum absolute atomic E-state index is 0.0829. The molecule has 0 saturated heterocycles. The molecule has 1 aliphatic heterocycles. The largest absolute Gasteiger partial charge is 0.309 e. The molecular weight excluding hydrogens is 289 g/mol. The smallest absolute Gasteiger partial charge is 0.127 e. The number of rotatable bonds is 2. The van der Waals surface area contributed by atoms with E-state index in [0.717, 1.165) is 27.9 Å². The van der Waals surface area contributed by atoms with Crippen molar-refractivity contribution < 1.29 is 4.39 Å². The lowest BCUT2D eigenvalue weighted by Gasteiger charge is -2.32. The van der Waals surface area contributed by atoms with Crippen LogP contribution in [0.1, 0.15) is 31.0 Å². The van der Waals surface area contributed by atoms with Gasteiger partial charge in [0.1, 0.15) is 5.82 Å². The summed E-state index contributed by atoms with van der Waals surface area (Å²) >= 11 is 5.35. The van der Waals surface area contributed by atoms with Gasteiger partial charge < -0.3 is 5.32 Å². The molecule has 88 valence electrons. The average molecular weight is 304 g/mol. The van der Waals surface area contributed by atoms with E-state index >= 15 is 0 Å². The van der Waals surface area contributed by atoms with Crippen molar-refractivity contribution in [2.24, 2.45) is 0 Å². The summed E-state index contributed by atoms with van der Waals surface area (Å²) in [6.45, 7) is 5.18. The van der Waals surface area contributed by atoms with Gasteiger partial charge in [-0.2, -0.15) is 11.8 Å². The van der Waals surface area contributed by atoms with E-state index in [9.17, 15) is 4.39 Å². The number of nitrogens with one attached hydrogen (secondary N) is 1. The van der Waals surface area contributed by atoms with Crippen molar-refractivity contribution in [2.75, 3.05) is 6.54 Å². The minimum atomic E-state index is -0.0829. The van der Waals surface area contributed by atoms with Crippen LogP contribution in [0.15, 0.2) is 16.6 Å². The molecule has 0 spiro atoms. The van der Waals surface area contributed by atoms with Crippen LogP contribution in [0, 0.1) is 5.82 Å². The summed E-state index contributed by atoms with van der Waals surface area (Å²) in [6.07, 6.45) is 0. The number of benzene rings is 1. The summed E-state index contributed by atoms with van der Waals surface area (Å²) in [5, 5.41) is 3.92. The van der Waals surface area contributed by atoms with Gasteiger partial charge >= 0.3 is 0 Å². The van der Waals surface area contributed by atoms with E-state index in [2.05, 4.69) is 35.1 Å². The van der Waals surface area contributed by atoms with Gasteiger partial charge in [-0.15, -0.1) is 0 Å². The summed E-state index contributed by atoms with van der Waals surface area (Å²) in [4.78, 5) is 0. The molecule has 1 aromatic carbocycles. The zero-order valence-corrected chi connectivity index (χ0v) is 11.8. The summed E-state index contributed by atoms with van der Waals surface area (Å²) in [6, 6.07) is 3.59. The van der Waals surface area contributed by atoms with E-state index in [1.807, 2.05) is 11.8 Å². The van der Waals surface area contributed by atoms with Crippen LogP contribution in [-0.2, 0) is 5.75 Å². The third-order valence-corrected chi connectivity index (χ3v) is 4.89. The zero-order valence-electron chi connectivity index (χ0n) is 9.39. The first kappa shape index (κ1) is 12.4. The normalized spacial score (nSPS) is 24.2. The van der Waals surface area contributed by atoms with Gasteiger partial charge in [0.15, 0.2) is 0 Å². The highest BCUT2D eigenvalue weighted by atomic mass is 79.9. The number of fused-ring (bicyclic) bond motifs is 1. The third kappa shape index (κ3) is 2.15. The fraction of sp³-hybridized carbons (Fsp3) is 0.500. The maximum atomic E-state index is 13.7. The number of hydrogen-bond acceptors (Lipinski definition) is 2. The van der Waals surface area contributed by atoms with Crippen LogP contribution >= 0.6 is 27.7 Å². The van der Waals surface area contributed by atoms with Crippen molar-refractivity contribution in [1.82, 2.24) is 5.32 Å². The van der Waals surface area contributed by atoms with Gasteiger partial charge in [0, 0.05) is 27.1 Å². The monoisotopic (exact) mass is 303 g/mol. The highest BCUT2D eigenvalue weighted by molar-refractivity contribution is 9.10. The molecule has 0 fully saturated rings. The first-order chi connectivity index (χ1) is 7.65. The van der Waals surface area contributed by atoms with Crippen molar-refractivity contribution in [3.63, 3.8) is 0 Å². The minimum Gasteiger partial charge on any atom is -0.309 e.